The van der Waals surface area contributed by atoms with Gasteiger partial charge in [-0.15, -0.1) is 0 Å². The molecule has 2 fully saturated rings. The quantitative estimate of drug-likeness (QED) is 0.505. The third kappa shape index (κ3) is 4.52. The third-order valence-corrected chi connectivity index (χ3v) is 7.27. The topological polar surface area (TPSA) is 75.6 Å². The molecule has 3 unspecified atom stereocenters. The number of nitrogens with one attached hydrogen (secondary N) is 1. The number of aliphatic carboxylic acids is 1. The maximum atomic E-state index is 12.4. The maximum Gasteiger partial charge on any atom is 0.305 e. The molecule has 2 aromatic rings. The van der Waals surface area contributed by atoms with Crippen LogP contribution in [0.25, 0.3) is 0 Å². The molecule has 3 atom stereocenters. The predicted octanol–water partition coefficient (Wildman–Crippen LogP) is 5.18. The molecule has 0 radical (unpaired) electrons. The Bertz CT molecular complexity index is 937. The summed E-state index contributed by atoms with van der Waals surface area (Å²) in [6.45, 7) is 3.05. The van der Waals surface area contributed by atoms with Crippen LogP contribution in [0.5, 0.6) is 5.75 Å². The first-order valence-electron chi connectivity index (χ1n) is 11.9. The van der Waals surface area contributed by atoms with Crippen molar-refractivity contribution in [3.8, 4) is 5.75 Å². The van der Waals surface area contributed by atoms with Gasteiger partial charge in [0.05, 0.1) is 13.0 Å². The van der Waals surface area contributed by atoms with Crippen LogP contribution in [-0.2, 0) is 10.2 Å². The summed E-state index contributed by atoms with van der Waals surface area (Å²) >= 11 is 0. The van der Waals surface area contributed by atoms with Gasteiger partial charge in [0.1, 0.15) is 5.75 Å². The van der Waals surface area contributed by atoms with Crippen molar-refractivity contribution in [2.24, 2.45) is 11.8 Å². The third-order valence-electron chi connectivity index (χ3n) is 7.27. The molecule has 170 valence electrons. The summed E-state index contributed by atoms with van der Waals surface area (Å²) in [6.07, 6.45) is 7.09. The molecule has 2 aliphatic rings. The molecule has 2 bridgehead atoms. The lowest BCUT2D eigenvalue weighted by molar-refractivity contribution is -0.136. The number of rotatable bonds is 10. The van der Waals surface area contributed by atoms with Crippen LogP contribution in [0, 0.1) is 11.8 Å². The van der Waals surface area contributed by atoms with Crippen LogP contribution in [0.3, 0.4) is 0 Å². The van der Waals surface area contributed by atoms with Gasteiger partial charge in [-0.25, -0.2) is 0 Å². The smallest absolute Gasteiger partial charge is 0.305 e. The van der Waals surface area contributed by atoms with Crippen molar-refractivity contribution in [3.05, 3.63) is 65.2 Å². The number of benzene rings is 2. The minimum atomic E-state index is -0.916. The van der Waals surface area contributed by atoms with Crippen LogP contribution in [0.2, 0.25) is 0 Å². The monoisotopic (exact) mass is 435 g/mol. The predicted molar refractivity (Wildman–Crippen MR) is 124 cm³/mol. The Morgan fingerprint density at radius 1 is 1.06 bits per heavy atom. The summed E-state index contributed by atoms with van der Waals surface area (Å²) in [6, 6.07) is 16.6. The number of ether oxygens (including phenoxy) is 1. The van der Waals surface area contributed by atoms with E-state index in [0.29, 0.717) is 11.5 Å². The van der Waals surface area contributed by atoms with Crippen molar-refractivity contribution < 1.29 is 19.4 Å². The summed E-state index contributed by atoms with van der Waals surface area (Å²) < 4.78 is 5.87. The summed E-state index contributed by atoms with van der Waals surface area (Å²) in [5, 5.41) is 11.4. The minimum absolute atomic E-state index is 0.0107. The molecule has 0 saturated heterocycles. The van der Waals surface area contributed by atoms with E-state index in [1.54, 1.807) is 0 Å². The van der Waals surface area contributed by atoms with Gasteiger partial charge in [0.25, 0.3) is 5.91 Å². The van der Waals surface area contributed by atoms with Crippen LogP contribution in [0.15, 0.2) is 48.5 Å². The summed E-state index contributed by atoms with van der Waals surface area (Å²) in [5.41, 5.74) is 3.16. The molecule has 1 amide bonds. The Balaban J connectivity index is 1.55. The van der Waals surface area contributed by atoms with Crippen molar-refractivity contribution in [1.82, 2.24) is 5.32 Å². The number of carboxylic acids is 1. The normalized spacial score (nSPS) is 23.8. The lowest BCUT2D eigenvalue weighted by Gasteiger charge is -2.39. The van der Waals surface area contributed by atoms with Crippen molar-refractivity contribution in [2.75, 3.05) is 13.2 Å². The molecular weight excluding hydrogens is 402 g/mol. The van der Waals surface area contributed by atoms with Gasteiger partial charge in [0.2, 0.25) is 0 Å². The highest BCUT2D eigenvalue weighted by molar-refractivity contribution is 5.94. The highest BCUT2D eigenvalue weighted by Crippen LogP contribution is 2.60. The van der Waals surface area contributed by atoms with E-state index in [9.17, 15) is 9.59 Å². The largest absolute Gasteiger partial charge is 0.494 e. The zero-order valence-electron chi connectivity index (χ0n) is 18.8. The highest BCUT2D eigenvalue weighted by Gasteiger charge is 2.52. The van der Waals surface area contributed by atoms with Crippen LogP contribution >= 0.6 is 0 Å². The molecule has 2 N–H and O–H groups in total. The number of hydrogen-bond donors (Lipinski definition) is 2. The fourth-order valence-corrected chi connectivity index (χ4v) is 5.69. The van der Waals surface area contributed by atoms with E-state index < -0.39 is 5.97 Å². The van der Waals surface area contributed by atoms with Gasteiger partial charge in [-0.1, -0.05) is 44.0 Å². The van der Waals surface area contributed by atoms with Crippen molar-refractivity contribution in [3.63, 3.8) is 0 Å². The van der Waals surface area contributed by atoms with Gasteiger partial charge in [0, 0.05) is 17.5 Å². The number of unbranched alkanes of at least 4 members (excludes halogenated alkanes) is 1. The summed E-state index contributed by atoms with van der Waals surface area (Å²) in [7, 11) is 0. The summed E-state index contributed by atoms with van der Waals surface area (Å²) in [4.78, 5) is 23.0. The molecule has 0 aliphatic heterocycles. The first kappa shape index (κ1) is 22.4. The van der Waals surface area contributed by atoms with Crippen LogP contribution in [-0.4, -0.2) is 30.1 Å². The van der Waals surface area contributed by atoms with E-state index in [2.05, 4.69) is 48.6 Å². The van der Waals surface area contributed by atoms with Gasteiger partial charge in [0.15, 0.2) is 0 Å². The molecule has 5 heteroatoms. The lowest BCUT2D eigenvalue weighted by Crippen LogP contribution is -2.34. The Hall–Kier alpha value is -2.82. The first-order chi connectivity index (χ1) is 15.5. The molecule has 0 heterocycles. The van der Waals surface area contributed by atoms with E-state index in [4.69, 9.17) is 9.84 Å². The minimum Gasteiger partial charge on any atom is -0.494 e. The van der Waals surface area contributed by atoms with E-state index in [0.717, 1.165) is 37.5 Å². The molecule has 5 nitrogen and oxygen atoms in total. The standard InChI is InChI=1S/C27H33NO4/c1-2-3-16-32-24-12-10-22(11-13-24)27(18-19-4-7-23(27)17-19)21-8-5-20(6-9-21)26(31)28-15-14-25(29)30/h5-6,8-13,19,23H,2-4,7,14-18H2,1H3,(H,28,31)(H,29,30). The van der Waals surface area contributed by atoms with Gasteiger partial charge >= 0.3 is 5.97 Å². The van der Waals surface area contributed by atoms with E-state index in [1.807, 2.05) is 12.1 Å². The number of carboxylic acid groups (broad SMARTS) is 1. The zero-order valence-corrected chi connectivity index (χ0v) is 18.8. The first-order valence-corrected chi connectivity index (χ1v) is 11.9. The fourth-order valence-electron chi connectivity index (χ4n) is 5.69. The Labute approximate surface area is 190 Å². The van der Waals surface area contributed by atoms with Crippen LogP contribution < -0.4 is 10.1 Å². The van der Waals surface area contributed by atoms with Gasteiger partial charge < -0.3 is 15.2 Å². The SMILES string of the molecule is CCCCOc1ccc(C2(c3ccc(C(=O)NCCC(=O)O)cc3)CC3CCC2C3)cc1. The Morgan fingerprint density at radius 3 is 2.31 bits per heavy atom. The second-order valence-corrected chi connectivity index (χ2v) is 9.25. The Kier molecular flexibility index (Phi) is 6.83. The second-order valence-electron chi connectivity index (χ2n) is 9.25. The van der Waals surface area contributed by atoms with Crippen molar-refractivity contribution in [2.45, 2.75) is 57.3 Å². The molecule has 32 heavy (non-hydrogen) atoms. The maximum absolute atomic E-state index is 12.4. The Morgan fingerprint density at radius 2 is 1.75 bits per heavy atom. The van der Waals surface area contributed by atoms with Gasteiger partial charge in [-0.05, 0) is 72.9 Å². The van der Waals surface area contributed by atoms with Crippen molar-refractivity contribution >= 4 is 11.9 Å². The number of carbonyl (C=O) groups is 2. The van der Waals surface area contributed by atoms with Gasteiger partial charge in [-0.2, -0.15) is 0 Å². The molecule has 2 aliphatic carbocycles. The van der Waals surface area contributed by atoms with E-state index >= 15 is 0 Å². The molecule has 2 aromatic carbocycles. The van der Waals surface area contributed by atoms with E-state index in [-0.39, 0.29) is 24.3 Å². The molecule has 0 aromatic heterocycles. The van der Waals surface area contributed by atoms with Crippen LogP contribution in [0.4, 0.5) is 0 Å². The average Bonchev–Trinajstić information content (AvgIpc) is 3.42. The number of hydrogen-bond acceptors (Lipinski definition) is 3. The lowest BCUT2D eigenvalue weighted by atomic mass is 9.64. The number of carbonyl (C=O) groups excluding carboxylic acids is 1. The zero-order chi connectivity index (χ0) is 22.6. The van der Waals surface area contributed by atoms with Gasteiger partial charge in [-0.3, -0.25) is 9.59 Å². The second kappa shape index (κ2) is 9.76. The van der Waals surface area contributed by atoms with Crippen molar-refractivity contribution in [1.29, 1.82) is 0 Å². The molecule has 4 rings (SSSR count). The molecular formula is C27H33NO4. The summed E-state index contributed by atoms with van der Waals surface area (Å²) in [5.74, 6) is 1.16. The average molecular weight is 436 g/mol. The molecule has 0 spiro atoms. The van der Waals surface area contributed by atoms with Crippen LogP contribution in [0.1, 0.15) is 73.4 Å². The fraction of sp³-hybridized carbons (Fsp3) is 0.481. The number of fused-ring (bicyclic) bond motifs is 2. The molecule has 2 saturated carbocycles. The van der Waals surface area contributed by atoms with E-state index in [1.165, 1.54) is 30.4 Å². The highest BCUT2D eigenvalue weighted by atomic mass is 16.5. The number of amides is 1.